The van der Waals surface area contributed by atoms with E-state index in [1.54, 1.807) is 6.92 Å². The number of nitrogen functional groups attached to an aromatic ring is 1. The van der Waals surface area contributed by atoms with Gasteiger partial charge in [0.25, 0.3) is 0 Å². The zero-order chi connectivity index (χ0) is 13.0. The molecule has 0 unspecified atom stereocenters. The van der Waals surface area contributed by atoms with Crippen LogP contribution in [0.3, 0.4) is 0 Å². The van der Waals surface area contributed by atoms with E-state index in [1.165, 1.54) is 11.9 Å². The minimum absolute atomic E-state index is 0.00941. The summed E-state index contributed by atoms with van der Waals surface area (Å²) in [4.78, 5) is 12.5. The maximum absolute atomic E-state index is 13.5. The summed E-state index contributed by atoms with van der Waals surface area (Å²) in [5, 5.41) is 2.55. The molecule has 0 aliphatic rings. The number of likely N-dealkylation sites (N-methyl/N-ethyl adjacent to an activating group) is 2. The molecular weight excluding hydrogens is 228 g/mol. The highest BCUT2D eigenvalue weighted by Gasteiger charge is 2.16. The molecule has 0 atom stereocenters. The van der Waals surface area contributed by atoms with E-state index in [9.17, 15) is 13.6 Å². The predicted molar refractivity (Wildman–Crippen MR) is 62.7 cm³/mol. The van der Waals surface area contributed by atoms with E-state index in [0.29, 0.717) is 6.54 Å². The Kier molecular flexibility index (Phi) is 4.25. The van der Waals surface area contributed by atoms with Crippen LogP contribution in [0.15, 0.2) is 12.1 Å². The first-order valence-electron chi connectivity index (χ1n) is 5.18. The van der Waals surface area contributed by atoms with Gasteiger partial charge in [0.15, 0.2) is 11.6 Å². The summed E-state index contributed by atoms with van der Waals surface area (Å²) in [5.74, 6) is -1.87. The molecule has 0 saturated carbocycles. The van der Waals surface area contributed by atoms with Crippen molar-refractivity contribution in [3.63, 3.8) is 0 Å². The number of anilines is 2. The van der Waals surface area contributed by atoms with Gasteiger partial charge < -0.3 is 16.0 Å². The van der Waals surface area contributed by atoms with Crippen molar-refractivity contribution in [1.29, 1.82) is 0 Å². The Morgan fingerprint density at radius 3 is 2.41 bits per heavy atom. The molecule has 0 fully saturated rings. The second kappa shape index (κ2) is 5.47. The largest absolute Gasteiger partial charge is 0.399 e. The van der Waals surface area contributed by atoms with Crippen molar-refractivity contribution in [2.45, 2.75) is 6.92 Å². The van der Waals surface area contributed by atoms with Crippen molar-refractivity contribution >= 4 is 17.3 Å². The van der Waals surface area contributed by atoms with Gasteiger partial charge >= 0.3 is 0 Å². The maximum Gasteiger partial charge on any atom is 0.239 e. The second-order valence-corrected chi connectivity index (χ2v) is 3.64. The minimum atomic E-state index is -0.783. The molecule has 1 rings (SSSR count). The summed E-state index contributed by atoms with van der Waals surface area (Å²) in [6, 6.07) is 2.04. The van der Waals surface area contributed by atoms with Crippen LogP contribution in [-0.4, -0.2) is 26.0 Å². The van der Waals surface area contributed by atoms with Crippen LogP contribution < -0.4 is 16.0 Å². The molecule has 1 aromatic carbocycles. The molecule has 3 N–H and O–H groups in total. The molecule has 1 aromatic rings. The van der Waals surface area contributed by atoms with Gasteiger partial charge in [0.2, 0.25) is 5.91 Å². The molecule has 0 aliphatic carbocycles. The predicted octanol–water partition coefficient (Wildman–Crippen LogP) is 1.12. The van der Waals surface area contributed by atoms with Gasteiger partial charge in [0.05, 0.1) is 6.54 Å². The Hall–Kier alpha value is -1.85. The van der Waals surface area contributed by atoms with Crippen LogP contribution in [0.4, 0.5) is 20.2 Å². The zero-order valence-corrected chi connectivity index (χ0v) is 9.76. The molecule has 17 heavy (non-hydrogen) atoms. The number of carbonyl (C=O) groups is 1. The molecule has 0 aliphatic heterocycles. The van der Waals surface area contributed by atoms with Crippen LogP contribution in [0.1, 0.15) is 6.92 Å². The number of nitrogens with zero attached hydrogens (tertiary/aromatic N) is 1. The van der Waals surface area contributed by atoms with Crippen molar-refractivity contribution in [3.8, 4) is 0 Å². The van der Waals surface area contributed by atoms with Gasteiger partial charge in [-0.25, -0.2) is 8.78 Å². The molecule has 0 saturated heterocycles. The van der Waals surface area contributed by atoms with Crippen LogP contribution in [-0.2, 0) is 4.79 Å². The number of rotatable bonds is 4. The average molecular weight is 243 g/mol. The molecule has 1 amide bonds. The lowest BCUT2D eigenvalue weighted by molar-refractivity contribution is -0.119. The van der Waals surface area contributed by atoms with Crippen LogP contribution in [0.5, 0.6) is 0 Å². The van der Waals surface area contributed by atoms with E-state index >= 15 is 0 Å². The fraction of sp³-hybridized carbons (Fsp3) is 0.364. The molecule has 0 aromatic heterocycles. The molecule has 4 nitrogen and oxygen atoms in total. The number of benzene rings is 1. The number of halogens is 2. The van der Waals surface area contributed by atoms with Gasteiger partial charge in [-0.2, -0.15) is 0 Å². The first-order valence-corrected chi connectivity index (χ1v) is 5.18. The number of hydrogen-bond acceptors (Lipinski definition) is 3. The Labute approximate surface area is 98.4 Å². The summed E-state index contributed by atoms with van der Waals surface area (Å²) in [7, 11) is 1.44. The topological polar surface area (TPSA) is 58.4 Å². The molecule has 0 radical (unpaired) electrons. The van der Waals surface area contributed by atoms with E-state index < -0.39 is 11.6 Å². The number of hydrogen-bond donors (Lipinski definition) is 2. The third-order valence-electron chi connectivity index (χ3n) is 2.18. The molecule has 0 spiro atoms. The minimum Gasteiger partial charge on any atom is -0.399 e. The normalized spacial score (nSPS) is 10.1. The zero-order valence-electron chi connectivity index (χ0n) is 9.76. The highest BCUT2D eigenvalue weighted by atomic mass is 19.1. The Morgan fingerprint density at radius 1 is 1.41 bits per heavy atom. The lowest BCUT2D eigenvalue weighted by Crippen LogP contribution is -2.35. The first kappa shape index (κ1) is 13.2. The average Bonchev–Trinajstić information content (AvgIpc) is 2.15. The molecule has 0 bridgehead atoms. The highest BCUT2D eigenvalue weighted by Crippen LogP contribution is 2.24. The van der Waals surface area contributed by atoms with Crippen LogP contribution in [0.25, 0.3) is 0 Å². The summed E-state index contributed by atoms with van der Waals surface area (Å²) in [5.41, 5.74) is 5.05. The van der Waals surface area contributed by atoms with E-state index in [-0.39, 0.29) is 23.8 Å². The maximum atomic E-state index is 13.5. The quantitative estimate of drug-likeness (QED) is 0.779. The Balaban J connectivity index is 2.89. The summed E-state index contributed by atoms with van der Waals surface area (Å²) >= 11 is 0. The first-order chi connectivity index (χ1) is 7.95. The fourth-order valence-electron chi connectivity index (χ4n) is 1.50. The number of amides is 1. The molecule has 94 valence electrons. The van der Waals surface area contributed by atoms with Crippen molar-refractivity contribution in [2.24, 2.45) is 0 Å². The summed E-state index contributed by atoms with van der Waals surface area (Å²) in [6.07, 6.45) is 0. The van der Waals surface area contributed by atoms with Crippen LogP contribution in [0, 0.1) is 11.6 Å². The van der Waals surface area contributed by atoms with E-state index in [0.717, 1.165) is 12.1 Å². The highest BCUT2D eigenvalue weighted by molar-refractivity contribution is 5.81. The van der Waals surface area contributed by atoms with Crippen molar-refractivity contribution in [2.75, 3.05) is 30.8 Å². The Morgan fingerprint density at radius 2 is 1.94 bits per heavy atom. The molecule has 0 heterocycles. The van der Waals surface area contributed by atoms with Crippen molar-refractivity contribution in [3.05, 3.63) is 23.8 Å². The van der Waals surface area contributed by atoms with Crippen molar-refractivity contribution < 1.29 is 13.6 Å². The SMILES string of the molecule is CCNC(=O)CN(C)c1c(F)cc(N)cc1F. The number of carbonyl (C=O) groups excluding carboxylic acids is 1. The van der Waals surface area contributed by atoms with E-state index in [2.05, 4.69) is 5.32 Å². The summed E-state index contributed by atoms with van der Waals surface area (Å²) in [6.45, 7) is 2.12. The third-order valence-corrected chi connectivity index (χ3v) is 2.18. The lowest BCUT2D eigenvalue weighted by Gasteiger charge is -2.20. The third kappa shape index (κ3) is 3.30. The van der Waals surface area contributed by atoms with Gasteiger partial charge in [0.1, 0.15) is 5.69 Å². The second-order valence-electron chi connectivity index (χ2n) is 3.64. The van der Waals surface area contributed by atoms with Crippen LogP contribution in [0.2, 0.25) is 0 Å². The van der Waals surface area contributed by atoms with Crippen molar-refractivity contribution in [1.82, 2.24) is 5.32 Å². The monoisotopic (exact) mass is 243 g/mol. The van der Waals surface area contributed by atoms with E-state index in [1.807, 2.05) is 0 Å². The molecule has 6 heteroatoms. The number of nitrogens with one attached hydrogen (secondary N) is 1. The van der Waals surface area contributed by atoms with Gasteiger partial charge in [-0.3, -0.25) is 4.79 Å². The fourth-order valence-corrected chi connectivity index (χ4v) is 1.50. The molecular formula is C11H15F2N3O. The van der Waals surface area contributed by atoms with Gasteiger partial charge in [0, 0.05) is 19.3 Å². The smallest absolute Gasteiger partial charge is 0.239 e. The van der Waals surface area contributed by atoms with Gasteiger partial charge in [-0.1, -0.05) is 0 Å². The van der Waals surface area contributed by atoms with Gasteiger partial charge in [-0.15, -0.1) is 0 Å². The summed E-state index contributed by atoms with van der Waals surface area (Å²) < 4.78 is 27.0. The lowest BCUT2D eigenvalue weighted by atomic mass is 10.2. The van der Waals surface area contributed by atoms with Crippen LogP contribution >= 0.6 is 0 Å². The standard InChI is InChI=1S/C11H15F2N3O/c1-3-15-10(17)6-16(2)11-8(12)4-7(14)5-9(11)13/h4-5H,3,6,14H2,1-2H3,(H,15,17). The number of nitrogens with two attached hydrogens (primary N) is 1. The van der Waals surface area contributed by atoms with E-state index in [4.69, 9.17) is 5.73 Å². The van der Waals surface area contributed by atoms with Gasteiger partial charge in [-0.05, 0) is 19.1 Å². The Bertz CT molecular complexity index is 400.